The van der Waals surface area contributed by atoms with Crippen LogP contribution in [0.1, 0.15) is 20.3 Å². The van der Waals surface area contributed by atoms with E-state index in [1.165, 1.54) is 0 Å². The molecule has 0 saturated heterocycles. The first-order chi connectivity index (χ1) is 7.52. The van der Waals surface area contributed by atoms with Gasteiger partial charge in [-0.3, -0.25) is 4.18 Å². The Labute approximate surface area is 106 Å². The number of hydrogen-bond acceptors (Lipinski definition) is 3. The summed E-state index contributed by atoms with van der Waals surface area (Å²) in [7, 11) is -5.32. The van der Waals surface area contributed by atoms with Crippen LogP contribution in [0.2, 0.25) is 19.6 Å². The first-order valence-electron chi connectivity index (χ1n) is 5.65. The molecule has 4 nitrogen and oxygen atoms in total. The number of hydrogen-bond donors (Lipinski definition) is 1. The van der Waals surface area contributed by atoms with Crippen molar-refractivity contribution in [3.05, 3.63) is 17.0 Å². The fourth-order valence-electron chi connectivity index (χ4n) is 1.19. The first kappa shape index (κ1) is 16.6. The summed E-state index contributed by atoms with van der Waals surface area (Å²) in [5.74, 6) is 0.431. The summed E-state index contributed by atoms with van der Waals surface area (Å²) >= 11 is 0. The van der Waals surface area contributed by atoms with E-state index >= 15 is 0 Å². The number of rotatable bonds is 6. The van der Waals surface area contributed by atoms with Gasteiger partial charge in [0.05, 0.1) is 14.7 Å². The van der Waals surface area contributed by atoms with Gasteiger partial charge in [-0.1, -0.05) is 33.5 Å². The fraction of sp³-hybridized carbons (Fsp3) is 0.727. The van der Waals surface area contributed by atoms with Crippen LogP contribution < -0.4 is 5.14 Å². The minimum atomic E-state index is -3.83. The average molecular weight is 277 g/mol. The Bertz CT molecular complexity index is 401. The molecule has 0 radical (unpaired) electrons. The van der Waals surface area contributed by atoms with Crippen molar-refractivity contribution in [3.63, 3.8) is 0 Å². The van der Waals surface area contributed by atoms with Crippen molar-refractivity contribution < 1.29 is 12.6 Å². The van der Waals surface area contributed by atoms with Crippen LogP contribution in [0.4, 0.5) is 0 Å². The SMILES string of the molecule is CC(C)C=C=C(CCOS(N)(=O)=O)[Si](C)(C)C. The van der Waals surface area contributed by atoms with Crippen LogP contribution in [-0.2, 0) is 14.5 Å². The molecule has 0 aromatic heterocycles. The molecule has 0 heterocycles. The molecule has 0 saturated carbocycles. The molecule has 0 rings (SSSR count). The maximum Gasteiger partial charge on any atom is 0.333 e. The monoisotopic (exact) mass is 277 g/mol. The van der Waals surface area contributed by atoms with Gasteiger partial charge in [0.15, 0.2) is 0 Å². The molecule has 0 aromatic carbocycles. The van der Waals surface area contributed by atoms with Crippen LogP contribution in [0, 0.1) is 5.92 Å². The molecule has 2 N–H and O–H groups in total. The van der Waals surface area contributed by atoms with Gasteiger partial charge in [0.1, 0.15) is 0 Å². The molecule has 6 heteroatoms. The lowest BCUT2D eigenvalue weighted by Gasteiger charge is -2.18. The highest BCUT2D eigenvalue weighted by atomic mass is 32.2. The Morgan fingerprint density at radius 2 is 1.94 bits per heavy atom. The van der Waals surface area contributed by atoms with Gasteiger partial charge < -0.3 is 0 Å². The Balaban J connectivity index is 4.71. The van der Waals surface area contributed by atoms with E-state index < -0.39 is 18.4 Å². The maximum absolute atomic E-state index is 10.7. The highest BCUT2D eigenvalue weighted by Gasteiger charge is 2.19. The van der Waals surface area contributed by atoms with Crippen molar-refractivity contribution in [1.29, 1.82) is 0 Å². The Morgan fingerprint density at radius 3 is 2.29 bits per heavy atom. The zero-order chi connectivity index (χ0) is 13.7. The van der Waals surface area contributed by atoms with E-state index in [2.05, 4.69) is 43.4 Å². The van der Waals surface area contributed by atoms with E-state index in [0.29, 0.717) is 12.3 Å². The summed E-state index contributed by atoms with van der Waals surface area (Å²) in [5.41, 5.74) is 3.28. The number of nitrogens with two attached hydrogens (primary N) is 1. The summed E-state index contributed by atoms with van der Waals surface area (Å²) in [6.07, 6.45) is 2.57. The molecule has 0 atom stereocenters. The lowest BCUT2D eigenvalue weighted by molar-refractivity contribution is 0.324. The molecule has 0 aromatic rings. The Morgan fingerprint density at radius 1 is 1.41 bits per heavy atom. The van der Waals surface area contributed by atoms with E-state index in [4.69, 9.17) is 5.14 Å². The van der Waals surface area contributed by atoms with Crippen molar-refractivity contribution in [2.24, 2.45) is 11.1 Å². The summed E-state index contributed by atoms with van der Waals surface area (Å²) < 4.78 is 25.9. The normalized spacial score (nSPS) is 12.4. The predicted molar refractivity (Wildman–Crippen MR) is 73.5 cm³/mol. The minimum absolute atomic E-state index is 0.0946. The van der Waals surface area contributed by atoms with Gasteiger partial charge in [0.2, 0.25) is 0 Å². The molecule has 17 heavy (non-hydrogen) atoms. The lowest BCUT2D eigenvalue weighted by atomic mass is 10.2. The van der Waals surface area contributed by atoms with Crippen LogP contribution in [0.15, 0.2) is 17.0 Å². The van der Waals surface area contributed by atoms with Crippen LogP contribution >= 0.6 is 0 Å². The van der Waals surface area contributed by atoms with Crippen LogP contribution in [0.5, 0.6) is 0 Å². The van der Waals surface area contributed by atoms with Gasteiger partial charge >= 0.3 is 10.3 Å². The maximum atomic E-state index is 10.7. The van der Waals surface area contributed by atoms with E-state index in [1.807, 2.05) is 6.08 Å². The summed E-state index contributed by atoms with van der Waals surface area (Å²) in [6, 6.07) is 0. The van der Waals surface area contributed by atoms with Crippen LogP contribution in [0.25, 0.3) is 0 Å². The topological polar surface area (TPSA) is 69.4 Å². The second kappa shape index (κ2) is 6.52. The molecule has 0 bridgehead atoms. The van der Waals surface area contributed by atoms with Crippen LogP contribution in [-0.4, -0.2) is 23.1 Å². The van der Waals surface area contributed by atoms with Crippen molar-refractivity contribution in [2.45, 2.75) is 39.9 Å². The van der Waals surface area contributed by atoms with Crippen molar-refractivity contribution >= 4 is 18.4 Å². The Kier molecular flexibility index (Phi) is 6.36. The van der Waals surface area contributed by atoms with Gasteiger partial charge in [-0.2, -0.15) is 8.42 Å². The predicted octanol–water partition coefficient (Wildman–Crippen LogP) is 2.21. The lowest BCUT2D eigenvalue weighted by Crippen LogP contribution is -2.25. The molecule has 0 spiro atoms. The summed E-state index contributed by atoms with van der Waals surface area (Å²) in [5, 5.41) is 5.94. The zero-order valence-electron chi connectivity index (χ0n) is 11.3. The Hall–Kier alpha value is -0.393. The van der Waals surface area contributed by atoms with E-state index in [9.17, 15) is 8.42 Å². The van der Waals surface area contributed by atoms with E-state index in [1.54, 1.807) is 0 Å². The fourth-order valence-corrected chi connectivity index (χ4v) is 2.87. The third-order valence-electron chi connectivity index (χ3n) is 2.10. The van der Waals surface area contributed by atoms with Gasteiger partial charge in [-0.25, -0.2) is 5.14 Å². The highest BCUT2D eigenvalue weighted by Crippen LogP contribution is 2.17. The molecule has 0 aliphatic carbocycles. The van der Waals surface area contributed by atoms with Gasteiger partial charge in [0.25, 0.3) is 0 Å². The largest absolute Gasteiger partial charge is 0.333 e. The third kappa shape index (κ3) is 9.32. The zero-order valence-corrected chi connectivity index (χ0v) is 13.1. The molecule has 100 valence electrons. The van der Waals surface area contributed by atoms with Gasteiger partial charge in [0, 0.05) is 0 Å². The molecule has 0 aliphatic rings. The van der Waals surface area contributed by atoms with E-state index in [-0.39, 0.29) is 6.61 Å². The molecule has 0 unspecified atom stereocenters. The van der Waals surface area contributed by atoms with Crippen molar-refractivity contribution in [2.75, 3.05) is 6.61 Å². The van der Waals surface area contributed by atoms with Gasteiger partial charge in [-0.15, -0.1) is 5.73 Å². The summed E-state index contributed by atoms with van der Waals surface area (Å²) in [4.78, 5) is 0. The third-order valence-corrected chi connectivity index (χ3v) is 4.80. The van der Waals surface area contributed by atoms with Crippen LogP contribution in [0.3, 0.4) is 0 Å². The second-order valence-corrected chi connectivity index (χ2v) is 11.7. The molecular weight excluding hydrogens is 254 g/mol. The standard InChI is InChI=1S/C11H23NO3SSi/c1-10(2)6-7-11(17(3,4)5)8-9-15-16(12,13)14/h6,10H,8-9H2,1-5H3,(H2,12,13,14). The minimum Gasteiger partial charge on any atom is -0.258 e. The second-order valence-electron chi connectivity index (χ2n) is 5.35. The average Bonchev–Trinajstić information content (AvgIpc) is 2.06. The first-order valence-corrected chi connectivity index (χ1v) is 10.6. The quantitative estimate of drug-likeness (QED) is 0.598. The molecule has 0 amide bonds. The highest BCUT2D eigenvalue weighted by molar-refractivity contribution is 7.84. The van der Waals surface area contributed by atoms with Gasteiger partial charge in [-0.05, 0) is 23.6 Å². The van der Waals surface area contributed by atoms with E-state index in [0.717, 1.165) is 5.20 Å². The smallest absolute Gasteiger partial charge is 0.258 e. The molecule has 0 fully saturated rings. The summed E-state index contributed by atoms with van der Waals surface area (Å²) in [6.45, 7) is 10.8. The van der Waals surface area contributed by atoms with Crippen molar-refractivity contribution in [1.82, 2.24) is 0 Å². The molecular formula is C11H23NO3SSi. The van der Waals surface area contributed by atoms with Crippen molar-refractivity contribution in [3.8, 4) is 0 Å². The molecule has 0 aliphatic heterocycles.